The van der Waals surface area contributed by atoms with Crippen LogP contribution in [0.3, 0.4) is 0 Å². The molecule has 5 nitrogen and oxygen atoms in total. The van der Waals surface area contributed by atoms with Gasteiger partial charge in [0.05, 0.1) is 4.92 Å². The zero-order valence-corrected chi connectivity index (χ0v) is 9.17. The molecule has 0 heterocycles. The lowest BCUT2D eigenvalue weighted by atomic mass is 10.2. The Hall–Kier alpha value is -1.88. The molecule has 0 fully saturated rings. The quantitative estimate of drug-likeness (QED) is 0.436. The van der Waals surface area contributed by atoms with Gasteiger partial charge in [-0.1, -0.05) is 12.1 Å². The summed E-state index contributed by atoms with van der Waals surface area (Å²) in [5.74, 6) is 0.665. The Kier molecular flexibility index (Phi) is 4.47. The molecule has 0 aliphatic carbocycles. The van der Waals surface area contributed by atoms with Crippen molar-refractivity contribution in [3.63, 3.8) is 0 Å². The molecule has 0 aliphatic rings. The van der Waals surface area contributed by atoms with Crippen molar-refractivity contribution in [3.05, 3.63) is 45.6 Å². The van der Waals surface area contributed by atoms with Gasteiger partial charge in [-0.2, -0.15) is 0 Å². The molecule has 0 atom stereocenters. The molecule has 0 saturated heterocycles. The van der Waals surface area contributed by atoms with E-state index in [1.165, 1.54) is 20.1 Å². The lowest BCUT2D eigenvalue weighted by molar-refractivity contribution is -0.422. The second-order valence-corrected chi connectivity index (χ2v) is 3.16. The van der Waals surface area contributed by atoms with E-state index >= 15 is 0 Å². The van der Waals surface area contributed by atoms with Gasteiger partial charge in [-0.15, -0.1) is 0 Å². The molecule has 0 unspecified atom stereocenters. The zero-order valence-electron chi connectivity index (χ0n) is 9.17. The van der Waals surface area contributed by atoms with E-state index in [0.29, 0.717) is 5.75 Å². The topological polar surface area (TPSA) is 61.6 Å². The summed E-state index contributed by atoms with van der Waals surface area (Å²) in [4.78, 5) is 9.99. The summed E-state index contributed by atoms with van der Waals surface area (Å²) in [6.45, 7) is 1.64. The van der Waals surface area contributed by atoms with E-state index < -0.39 is 4.92 Å². The van der Waals surface area contributed by atoms with Crippen LogP contribution in [-0.2, 0) is 4.74 Å². The summed E-state index contributed by atoms with van der Waals surface area (Å²) in [5.41, 5.74) is 0.865. The number of allylic oxidation sites excluding steroid dienone is 1. The molecule has 1 aromatic carbocycles. The van der Waals surface area contributed by atoms with Gasteiger partial charge >= 0.3 is 0 Å². The Labute approximate surface area is 93.4 Å². The third-order valence-electron chi connectivity index (χ3n) is 1.89. The molecule has 0 amide bonds. The van der Waals surface area contributed by atoms with Gasteiger partial charge in [0.25, 0.3) is 0 Å². The van der Waals surface area contributed by atoms with E-state index in [-0.39, 0.29) is 12.5 Å². The maximum atomic E-state index is 10.4. The predicted molar refractivity (Wildman–Crippen MR) is 59.6 cm³/mol. The summed E-state index contributed by atoms with van der Waals surface area (Å²) in [5, 5.41) is 10.4. The second-order valence-electron chi connectivity index (χ2n) is 3.16. The lowest BCUT2D eigenvalue weighted by Gasteiger charge is -2.03. The van der Waals surface area contributed by atoms with Crippen LogP contribution in [0.4, 0.5) is 0 Å². The number of methoxy groups -OCH3 is 1. The molecule has 0 radical (unpaired) electrons. The predicted octanol–water partition coefficient (Wildman–Crippen LogP) is 2.31. The van der Waals surface area contributed by atoms with Crippen molar-refractivity contribution in [2.24, 2.45) is 0 Å². The fourth-order valence-electron chi connectivity index (χ4n) is 1.08. The fraction of sp³-hybridized carbons (Fsp3) is 0.273. The van der Waals surface area contributed by atoms with E-state index in [2.05, 4.69) is 0 Å². The van der Waals surface area contributed by atoms with Crippen LogP contribution >= 0.6 is 0 Å². The average molecular weight is 223 g/mol. The van der Waals surface area contributed by atoms with Crippen molar-refractivity contribution in [1.82, 2.24) is 0 Å². The number of hydrogen-bond acceptors (Lipinski definition) is 4. The smallest absolute Gasteiger partial charge is 0.243 e. The van der Waals surface area contributed by atoms with E-state index in [4.69, 9.17) is 9.47 Å². The second kappa shape index (κ2) is 5.87. The minimum absolute atomic E-state index is 0.102. The van der Waals surface area contributed by atoms with Crippen molar-refractivity contribution >= 4 is 6.08 Å². The van der Waals surface area contributed by atoms with E-state index in [0.717, 1.165) is 5.56 Å². The summed E-state index contributed by atoms with van der Waals surface area (Å²) in [6, 6.07) is 6.96. The number of benzene rings is 1. The highest BCUT2D eigenvalue weighted by molar-refractivity contribution is 5.51. The van der Waals surface area contributed by atoms with Gasteiger partial charge in [0, 0.05) is 20.1 Å². The third kappa shape index (κ3) is 3.70. The van der Waals surface area contributed by atoms with Gasteiger partial charge in [-0.3, -0.25) is 10.1 Å². The Morgan fingerprint density at radius 3 is 2.56 bits per heavy atom. The van der Waals surface area contributed by atoms with E-state index in [1.54, 1.807) is 24.3 Å². The van der Waals surface area contributed by atoms with E-state index in [1.807, 2.05) is 0 Å². The minimum Gasteiger partial charge on any atom is -0.468 e. The summed E-state index contributed by atoms with van der Waals surface area (Å²) in [7, 11) is 1.54. The zero-order chi connectivity index (χ0) is 12.0. The highest BCUT2D eigenvalue weighted by Gasteiger charge is 2.01. The van der Waals surface area contributed by atoms with Crippen molar-refractivity contribution in [3.8, 4) is 5.75 Å². The molecule has 5 heteroatoms. The highest BCUT2D eigenvalue weighted by Crippen LogP contribution is 2.14. The van der Waals surface area contributed by atoms with Gasteiger partial charge < -0.3 is 9.47 Å². The molecule has 1 aromatic rings. The Balaban J connectivity index is 2.71. The highest BCUT2D eigenvalue weighted by atomic mass is 16.7. The first-order valence-electron chi connectivity index (χ1n) is 4.68. The molecule has 16 heavy (non-hydrogen) atoms. The van der Waals surface area contributed by atoms with Crippen molar-refractivity contribution < 1.29 is 14.4 Å². The van der Waals surface area contributed by atoms with Crippen LogP contribution < -0.4 is 4.74 Å². The molecular weight excluding hydrogens is 210 g/mol. The average Bonchev–Trinajstić information content (AvgIpc) is 2.28. The van der Waals surface area contributed by atoms with Crippen molar-refractivity contribution in [1.29, 1.82) is 0 Å². The molecule has 0 bridgehead atoms. The summed E-state index contributed by atoms with van der Waals surface area (Å²) >= 11 is 0. The summed E-state index contributed by atoms with van der Waals surface area (Å²) < 4.78 is 9.93. The molecule has 0 aromatic heterocycles. The number of hydrogen-bond donors (Lipinski definition) is 0. The number of nitro groups is 1. The molecule has 0 N–H and O–H groups in total. The maximum Gasteiger partial charge on any atom is 0.243 e. The first-order chi connectivity index (χ1) is 7.63. The van der Waals surface area contributed by atoms with Gasteiger partial charge in [-0.25, -0.2) is 0 Å². The van der Waals surface area contributed by atoms with Gasteiger partial charge in [0.2, 0.25) is 5.70 Å². The first-order valence-corrected chi connectivity index (χ1v) is 4.68. The van der Waals surface area contributed by atoms with E-state index in [9.17, 15) is 10.1 Å². The lowest BCUT2D eigenvalue weighted by Crippen LogP contribution is -1.98. The first kappa shape index (κ1) is 12.2. The standard InChI is InChI=1S/C11H13NO4/c1-9(12(13)14)7-10-3-5-11(6-4-10)16-8-15-2/h3-7H,8H2,1-2H3/b9-7-. The van der Waals surface area contributed by atoms with Gasteiger partial charge in [0.1, 0.15) is 5.75 Å². The SMILES string of the molecule is COCOc1ccc(/C=C(/C)[N+](=O)[O-])cc1. The number of nitrogens with zero attached hydrogens (tertiary/aromatic N) is 1. The van der Waals surface area contributed by atoms with Crippen molar-refractivity contribution in [2.45, 2.75) is 6.92 Å². The van der Waals surface area contributed by atoms with Crippen LogP contribution in [0.2, 0.25) is 0 Å². The van der Waals surface area contributed by atoms with Gasteiger partial charge in [-0.05, 0) is 17.7 Å². The fourth-order valence-corrected chi connectivity index (χ4v) is 1.08. The molecule has 1 rings (SSSR count). The molecule has 0 aliphatic heterocycles. The molecule has 0 spiro atoms. The molecule has 0 saturated carbocycles. The molecule has 86 valence electrons. The summed E-state index contributed by atoms with van der Waals surface area (Å²) in [6.07, 6.45) is 1.50. The van der Waals surface area contributed by atoms with Gasteiger partial charge in [0.15, 0.2) is 6.79 Å². The Bertz CT molecular complexity index is 383. The van der Waals surface area contributed by atoms with Crippen LogP contribution in [0, 0.1) is 10.1 Å². The largest absolute Gasteiger partial charge is 0.468 e. The van der Waals surface area contributed by atoms with Crippen molar-refractivity contribution in [2.75, 3.05) is 13.9 Å². The number of ether oxygens (including phenoxy) is 2. The maximum absolute atomic E-state index is 10.4. The third-order valence-corrected chi connectivity index (χ3v) is 1.89. The Morgan fingerprint density at radius 2 is 2.06 bits per heavy atom. The minimum atomic E-state index is -0.421. The van der Waals surface area contributed by atoms with Crippen LogP contribution in [0.15, 0.2) is 30.0 Å². The number of rotatable bonds is 5. The van der Waals surface area contributed by atoms with Crippen LogP contribution in [0.5, 0.6) is 5.75 Å². The monoisotopic (exact) mass is 223 g/mol. The molecular formula is C11H13NO4. The van der Waals surface area contributed by atoms with Crippen LogP contribution in [0.1, 0.15) is 12.5 Å². The van der Waals surface area contributed by atoms with Crippen LogP contribution in [0.25, 0.3) is 6.08 Å². The van der Waals surface area contributed by atoms with Crippen LogP contribution in [-0.4, -0.2) is 18.8 Å². The normalized spacial score (nSPS) is 11.2. The Morgan fingerprint density at radius 1 is 1.44 bits per heavy atom.